The number of aromatic nitrogens is 1. The summed E-state index contributed by atoms with van der Waals surface area (Å²) < 4.78 is 1.19. The molecular weight excluding hydrogens is 531 g/mol. The highest BCUT2D eigenvalue weighted by Crippen LogP contribution is 2.38. The summed E-state index contributed by atoms with van der Waals surface area (Å²) in [7, 11) is 0. The molecule has 0 aliphatic heterocycles. The molecule has 0 bridgehead atoms. The first-order valence-electron chi connectivity index (χ1n) is 13.8. The SMILES string of the molecule is N#Cc1ccc(-c2ccc(N(c3ccc(-c4ccccc4)cc3)c3ccc(-c4nc5ccccc5s4)cc3)cc2)cc1. The van der Waals surface area contributed by atoms with Gasteiger partial charge in [-0.15, -0.1) is 11.3 Å². The zero-order valence-corrected chi connectivity index (χ0v) is 23.5. The summed E-state index contributed by atoms with van der Waals surface area (Å²) >= 11 is 1.72. The first-order valence-corrected chi connectivity index (χ1v) is 14.6. The number of benzene rings is 6. The highest BCUT2D eigenvalue weighted by Gasteiger charge is 2.14. The van der Waals surface area contributed by atoms with Crippen molar-refractivity contribution in [2.75, 3.05) is 4.90 Å². The maximum absolute atomic E-state index is 9.15. The zero-order valence-electron chi connectivity index (χ0n) is 22.7. The molecule has 0 radical (unpaired) electrons. The van der Waals surface area contributed by atoms with Gasteiger partial charge in [0.15, 0.2) is 0 Å². The number of fused-ring (bicyclic) bond motifs is 1. The van der Waals surface area contributed by atoms with Crippen molar-refractivity contribution in [3.8, 4) is 38.9 Å². The molecule has 0 aliphatic rings. The molecule has 0 N–H and O–H groups in total. The zero-order chi connectivity index (χ0) is 28.3. The fourth-order valence-electron chi connectivity index (χ4n) is 5.17. The van der Waals surface area contributed by atoms with Crippen molar-refractivity contribution < 1.29 is 0 Å². The van der Waals surface area contributed by atoms with E-state index in [2.05, 4.69) is 126 Å². The first kappa shape index (κ1) is 25.5. The minimum absolute atomic E-state index is 0.662. The monoisotopic (exact) mass is 555 g/mol. The van der Waals surface area contributed by atoms with Crippen LogP contribution in [-0.2, 0) is 0 Å². The van der Waals surface area contributed by atoms with E-state index in [0.29, 0.717) is 5.56 Å². The fourth-order valence-corrected chi connectivity index (χ4v) is 6.14. The fraction of sp³-hybridized carbons (Fsp3) is 0. The van der Waals surface area contributed by atoms with E-state index in [4.69, 9.17) is 10.2 Å². The van der Waals surface area contributed by atoms with Crippen LogP contribution in [0.4, 0.5) is 17.1 Å². The van der Waals surface area contributed by atoms with Crippen LogP contribution in [0.3, 0.4) is 0 Å². The van der Waals surface area contributed by atoms with E-state index >= 15 is 0 Å². The molecule has 0 atom stereocenters. The van der Waals surface area contributed by atoms with Gasteiger partial charge in [-0.05, 0) is 95.1 Å². The van der Waals surface area contributed by atoms with Crippen LogP contribution in [0.2, 0.25) is 0 Å². The largest absolute Gasteiger partial charge is 0.311 e. The minimum atomic E-state index is 0.662. The lowest BCUT2D eigenvalue weighted by Gasteiger charge is -2.26. The minimum Gasteiger partial charge on any atom is -0.311 e. The van der Waals surface area contributed by atoms with Gasteiger partial charge in [-0.2, -0.15) is 5.26 Å². The second-order valence-corrected chi connectivity index (χ2v) is 11.0. The molecule has 3 nitrogen and oxygen atoms in total. The Kier molecular flexibility index (Phi) is 6.77. The summed E-state index contributed by atoms with van der Waals surface area (Å²) in [6.07, 6.45) is 0. The Hall–Kier alpha value is -5.50. The second kappa shape index (κ2) is 11.2. The molecule has 1 heterocycles. The molecule has 198 valence electrons. The Bertz CT molecular complexity index is 1970. The lowest BCUT2D eigenvalue weighted by molar-refractivity contribution is 1.28. The molecule has 1 aromatic heterocycles. The third kappa shape index (κ3) is 5.06. The predicted octanol–water partition coefficient (Wildman–Crippen LogP) is 10.6. The van der Waals surface area contributed by atoms with Crippen LogP contribution in [0.25, 0.3) is 43.0 Å². The number of nitriles is 1. The maximum Gasteiger partial charge on any atom is 0.124 e. The van der Waals surface area contributed by atoms with Gasteiger partial charge in [-0.3, -0.25) is 0 Å². The Labute approximate surface area is 249 Å². The quantitative estimate of drug-likeness (QED) is 0.205. The number of thiazole rings is 1. The first-order chi connectivity index (χ1) is 20.7. The number of rotatable bonds is 6. The van der Waals surface area contributed by atoms with Crippen molar-refractivity contribution in [3.63, 3.8) is 0 Å². The molecule has 42 heavy (non-hydrogen) atoms. The van der Waals surface area contributed by atoms with E-state index in [1.807, 2.05) is 36.4 Å². The maximum atomic E-state index is 9.15. The molecule has 0 fully saturated rings. The Morgan fingerprint density at radius 3 is 1.45 bits per heavy atom. The average Bonchev–Trinajstić information content (AvgIpc) is 3.51. The van der Waals surface area contributed by atoms with Crippen LogP contribution in [0.15, 0.2) is 152 Å². The molecule has 7 aromatic rings. The number of nitrogens with zero attached hydrogens (tertiary/aromatic N) is 3. The van der Waals surface area contributed by atoms with Gasteiger partial charge in [0, 0.05) is 22.6 Å². The van der Waals surface area contributed by atoms with E-state index in [-0.39, 0.29) is 0 Å². The van der Waals surface area contributed by atoms with Crippen molar-refractivity contribution in [2.24, 2.45) is 0 Å². The molecule has 7 rings (SSSR count). The third-order valence-electron chi connectivity index (χ3n) is 7.37. The van der Waals surface area contributed by atoms with Gasteiger partial charge in [-0.25, -0.2) is 4.98 Å². The summed E-state index contributed by atoms with van der Waals surface area (Å²) in [5.74, 6) is 0. The van der Waals surface area contributed by atoms with Crippen molar-refractivity contribution >= 4 is 38.6 Å². The highest BCUT2D eigenvalue weighted by molar-refractivity contribution is 7.21. The van der Waals surface area contributed by atoms with Gasteiger partial charge in [0.05, 0.1) is 21.8 Å². The van der Waals surface area contributed by atoms with Crippen molar-refractivity contribution in [1.29, 1.82) is 5.26 Å². The summed E-state index contributed by atoms with van der Waals surface area (Å²) in [5, 5.41) is 10.2. The normalized spacial score (nSPS) is 10.8. The predicted molar refractivity (Wildman–Crippen MR) is 175 cm³/mol. The van der Waals surface area contributed by atoms with Crippen LogP contribution in [-0.4, -0.2) is 4.98 Å². The van der Waals surface area contributed by atoms with Gasteiger partial charge in [0.1, 0.15) is 5.01 Å². The highest BCUT2D eigenvalue weighted by atomic mass is 32.1. The molecule has 0 saturated carbocycles. The van der Waals surface area contributed by atoms with Gasteiger partial charge in [0.2, 0.25) is 0 Å². The molecule has 0 saturated heterocycles. The topological polar surface area (TPSA) is 39.9 Å². The van der Waals surface area contributed by atoms with Crippen LogP contribution >= 0.6 is 11.3 Å². The van der Waals surface area contributed by atoms with Crippen molar-refractivity contribution in [1.82, 2.24) is 4.98 Å². The standard InChI is InChI=1S/C38H25N3S/c39-26-27-10-12-29(13-11-27)31-16-22-34(23-17-31)41(33-20-14-30(15-21-33)28-6-2-1-3-7-28)35-24-18-32(19-25-35)38-40-36-8-4-5-9-37(36)42-38/h1-25H. The Morgan fingerprint density at radius 2 is 0.929 bits per heavy atom. The van der Waals surface area contributed by atoms with Crippen LogP contribution in [0, 0.1) is 11.3 Å². The van der Waals surface area contributed by atoms with Gasteiger partial charge >= 0.3 is 0 Å². The van der Waals surface area contributed by atoms with E-state index in [1.165, 1.54) is 15.8 Å². The van der Waals surface area contributed by atoms with Crippen molar-refractivity contribution in [3.05, 3.63) is 157 Å². The van der Waals surface area contributed by atoms with E-state index in [9.17, 15) is 0 Å². The van der Waals surface area contributed by atoms with Crippen LogP contribution in [0.1, 0.15) is 5.56 Å². The summed E-state index contributed by atoms with van der Waals surface area (Å²) in [5.41, 5.74) is 10.6. The molecule has 0 unspecified atom stereocenters. The van der Waals surface area contributed by atoms with Crippen LogP contribution in [0.5, 0.6) is 0 Å². The number of para-hydroxylation sites is 1. The van der Waals surface area contributed by atoms with Crippen LogP contribution < -0.4 is 4.90 Å². The number of hydrogen-bond acceptors (Lipinski definition) is 4. The summed E-state index contributed by atoms with van der Waals surface area (Å²) in [6.45, 7) is 0. The van der Waals surface area contributed by atoms with E-state index in [1.54, 1.807) is 11.3 Å². The summed E-state index contributed by atoms with van der Waals surface area (Å²) in [6, 6.07) is 54.5. The van der Waals surface area contributed by atoms with Gasteiger partial charge in [-0.1, -0.05) is 78.9 Å². The lowest BCUT2D eigenvalue weighted by atomic mass is 10.0. The molecular formula is C38H25N3S. The van der Waals surface area contributed by atoms with Gasteiger partial charge in [0.25, 0.3) is 0 Å². The average molecular weight is 556 g/mol. The second-order valence-electron chi connectivity index (χ2n) is 10.0. The summed E-state index contributed by atoms with van der Waals surface area (Å²) in [4.78, 5) is 7.13. The molecule has 0 amide bonds. The Balaban J connectivity index is 1.25. The van der Waals surface area contributed by atoms with E-state index in [0.717, 1.165) is 44.3 Å². The third-order valence-corrected chi connectivity index (χ3v) is 8.46. The molecule has 0 aliphatic carbocycles. The molecule has 4 heteroatoms. The number of anilines is 3. The smallest absolute Gasteiger partial charge is 0.124 e. The molecule has 6 aromatic carbocycles. The van der Waals surface area contributed by atoms with Crippen molar-refractivity contribution in [2.45, 2.75) is 0 Å². The Morgan fingerprint density at radius 1 is 0.476 bits per heavy atom. The lowest BCUT2D eigenvalue weighted by Crippen LogP contribution is -2.09. The number of hydrogen-bond donors (Lipinski definition) is 0. The van der Waals surface area contributed by atoms with Gasteiger partial charge < -0.3 is 4.90 Å². The molecule has 0 spiro atoms. The van der Waals surface area contributed by atoms with E-state index < -0.39 is 0 Å².